The van der Waals surface area contributed by atoms with Gasteiger partial charge in [0.2, 0.25) is 0 Å². The molecule has 0 aliphatic rings. The highest BCUT2D eigenvalue weighted by Gasteiger charge is 2.17. The molecule has 0 saturated heterocycles. The highest BCUT2D eigenvalue weighted by Crippen LogP contribution is 2.34. The van der Waals surface area contributed by atoms with Crippen LogP contribution in [0.3, 0.4) is 0 Å². The van der Waals surface area contributed by atoms with Gasteiger partial charge in [0, 0.05) is 15.8 Å². The maximum absolute atomic E-state index is 12.4. The first kappa shape index (κ1) is 20.1. The third-order valence-electron chi connectivity index (χ3n) is 3.68. The van der Waals surface area contributed by atoms with Gasteiger partial charge in [-0.05, 0) is 49.5 Å². The minimum absolute atomic E-state index is 0.189. The van der Waals surface area contributed by atoms with Crippen LogP contribution in [0.15, 0.2) is 48.5 Å². The van der Waals surface area contributed by atoms with Gasteiger partial charge in [-0.15, -0.1) is 11.3 Å². The first-order valence-corrected chi connectivity index (χ1v) is 9.91. The number of benzene rings is 2. The van der Waals surface area contributed by atoms with Crippen molar-refractivity contribution in [2.24, 2.45) is 0 Å². The normalized spacial score (nSPS) is 10.4. The van der Waals surface area contributed by atoms with Gasteiger partial charge < -0.3 is 10.1 Å². The first-order chi connectivity index (χ1) is 13.5. The fourth-order valence-electron chi connectivity index (χ4n) is 2.40. The van der Waals surface area contributed by atoms with E-state index < -0.39 is 0 Å². The van der Waals surface area contributed by atoms with Gasteiger partial charge in [-0.25, -0.2) is 4.79 Å². The molecule has 3 rings (SSSR count). The summed E-state index contributed by atoms with van der Waals surface area (Å²) in [5.74, 6) is -0.768. The average molecular weight is 434 g/mol. The largest absolute Gasteiger partial charge is 0.462 e. The first-order valence-electron chi connectivity index (χ1n) is 8.31. The Bertz CT molecular complexity index is 1030. The van der Waals surface area contributed by atoms with E-state index in [4.69, 9.17) is 28.6 Å². The maximum Gasteiger partial charge on any atom is 0.338 e. The van der Waals surface area contributed by atoms with Gasteiger partial charge in [-0.3, -0.25) is 15.6 Å². The molecule has 0 fully saturated rings. The number of hydrogen-bond acceptors (Lipinski definition) is 5. The summed E-state index contributed by atoms with van der Waals surface area (Å²) in [5, 5.41) is 4.35. The molecule has 0 radical (unpaired) electrons. The molecule has 1 aromatic heterocycles. The second kappa shape index (κ2) is 9.01. The number of thiophene rings is 1. The van der Waals surface area contributed by atoms with E-state index in [1.165, 1.54) is 11.3 Å². The molecule has 1 heterocycles. The number of rotatable bonds is 4. The third-order valence-corrected chi connectivity index (χ3v) is 5.56. The number of anilines is 1. The molecule has 0 unspecified atom stereocenters. The van der Waals surface area contributed by atoms with Crippen molar-refractivity contribution in [2.75, 3.05) is 11.9 Å². The summed E-state index contributed by atoms with van der Waals surface area (Å²) in [6.07, 6.45) is 0. The molecule has 3 aromatic rings. The number of carbonyl (C=O) groups excluding carboxylic acids is 2. The Morgan fingerprint density at radius 3 is 2.50 bits per heavy atom. The smallest absolute Gasteiger partial charge is 0.338 e. The van der Waals surface area contributed by atoms with Crippen LogP contribution < -0.4 is 16.2 Å². The van der Waals surface area contributed by atoms with Crippen LogP contribution in [-0.2, 0) is 4.74 Å². The van der Waals surface area contributed by atoms with Gasteiger partial charge in [-0.2, -0.15) is 0 Å². The maximum atomic E-state index is 12.4. The van der Waals surface area contributed by atoms with E-state index in [-0.39, 0.29) is 17.0 Å². The van der Waals surface area contributed by atoms with Crippen molar-refractivity contribution >= 4 is 67.9 Å². The number of halogens is 1. The molecule has 6 nitrogen and oxygen atoms in total. The molecule has 144 valence electrons. The summed E-state index contributed by atoms with van der Waals surface area (Å²) in [4.78, 5) is 24.4. The summed E-state index contributed by atoms with van der Waals surface area (Å²) in [6.45, 7) is 2.06. The standard InChI is InChI=1S/C19H16ClN3O3S2/c1-2-26-18(25)11-7-9-12(10-8-11)21-19(27)23-22-17(24)16-15(20)13-5-3-4-6-14(13)28-16/h3-10H,2H2,1H3,(H,22,24)(H2,21,23,27). The minimum Gasteiger partial charge on any atom is -0.462 e. The van der Waals surface area contributed by atoms with Crippen molar-refractivity contribution in [1.29, 1.82) is 0 Å². The van der Waals surface area contributed by atoms with Crippen molar-refractivity contribution in [2.45, 2.75) is 6.92 Å². The van der Waals surface area contributed by atoms with Crippen molar-refractivity contribution < 1.29 is 14.3 Å². The second-order valence-corrected chi connectivity index (χ2v) is 7.41. The molecule has 1 amide bonds. The molecular formula is C19H16ClN3O3S2. The van der Waals surface area contributed by atoms with Crippen LogP contribution in [0.5, 0.6) is 0 Å². The van der Waals surface area contributed by atoms with Gasteiger partial charge in [0.25, 0.3) is 5.91 Å². The van der Waals surface area contributed by atoms with Crippen LogP contribution in [0.25, 0.3) is 10.1 Å². The van der Waals surface area contributed by atoms with E-state index in [0.29, 0.717) is 27.8 Å². The Morgan fingerprint density at radius 1 is 1.11 bits per heavy atom. The molecule has 9 heteroatoms. The number of thiocarbonyl (C=S) groups is 1. The van der Waals surface area contributed by atoms with E-state index in [1.54, 1.807) is 31.2 Å². The van der Waals surface area contributed by atoms with E-state index in [9.17, 15) is 9.59 Å². The lowest BCUT2D eigenvalue weighted by Gasteiger charge is -2.11. The fourth-order valence-corrected chi connectivity index (χ4v) is 3.98. The Hall–Kier alpha value is -2.68. The lowest BCUT2D eigenvalue weighted by molar-refractivity contribution is 0.0526. The molecule has 0 aliphatic heterocycles. The molecular weight excluding hydrogens is 418 g/mol. The van der Waals surface area contributed by atoms with Crippen molar-refractivity contribution in [1.82, 2.24) is 10.9 Å². The van der Waals surface area contributed by atoms with Gasteiger partial charge in [0.1, 0.15) is 4.88 Å². The van der Waals surface area contributed by atoms with Crippen molar-refractivity contribution in [3.05, 3.63) is 64.0 Å². The number of ether oxygens (including phenoxy) is 1. The summed E-state index contributed by atoms with van der Waals surface area (Å²) in [7, 11) is 0. The SMILES string of the molecule is CCOC(=O)c1ccc(NC(=S)NNC(=O)c2sc3ccccc3c2Cl)cc1. The number of carbonyl (C=O) groups is 2. The Morgan fingerprint density at radius 2 is 1.82 bits per heavy atom. The van der Waals surface area contributed by atoms with Gasteiger partial charge in [-0.1, -0.05) is 29.8 Å². The number of hydrazine groups is 1. The highest BCUT2D eigenvalue weighted by atomic mass is 35.5. The Balaban J connectivity index is 1.57. The van der Waals surface area contributed by atoms with Crippen LogP contribution in [0.4, 0.5) is 5.69 Å². The number of hydrogen-bond donors (Lipinski definition) is 3. The summed E-state index contributed by atoms with van der Waals surface area (Å²) in [6, 6.07) is 14.1. The molecule has 0 aliphatic carbocycles. The average Bonchev–Trinajstić information content (AvgIpc) is 3.04. The lowest BCUT2D eigenvalue weighted by atomic mass is 10.2. The van der Waals surface area contributed by atoms with Crippen LogP contribution >= 0.6 is 35.2 Å². The summed E-state index contributed by atoms with van der Waals surface area (Å²) in [5.41, 5.74) is 6.26. The Kier molecular flexibility index (Phi) is 6.45. The molecule has 0 spiro atoms. The number of nitrogens with one attached hydrogen (secondary N) is 3. The van der Waals surface area contributed by atoms with Crippen LogP contribution in [0, 0.1) is 0 Å². The van der Waals surface area contributed by atoms with Crippen molar-refractivity contribution in [3.63, 3.8) is 0 Å². The van der Waals surface area contributed by atoms with Crippen LogP contribution in [0.1, 0.15) is 27.0 Å². The molecule has 3 N–H and O–H groups in total. The molecule has 0 saturated carbocycles. The molecule has 0 bridgehead atoms. The zero-order valence-corrected chi connectivity index (χ0v) is 17.1. The zero-order valence-electron chi connectivity index (χ0n) is 14.7. The monoisotopic (exact) mass is 433 g/mol. The summed E-state index contributed by atoms with van der Waals surface area (Å²) >= 11 is 12.8. The van der Waals surface area contributed by atoms with Gasteiger partial charge in [0.05, 0.1) is 17.2 Å². The molecule has 2 aromatic carbocycles. The second-order valence-electron chi connectivity index (χ2n) is 5.57. The summed E-state index contributed by atoms with van der Waals surface area (Å²) < 4.78 is 5.86. The van der Waals surface area contributed by atoms with E-state index in [2.05, 4.69) is 16.2 Å². The number of esters is 1. The quantitative estimate of drug-likeness (QED) is 0.322. The minimum atomic E-state index is -0.387. The third kappa shape index (κ3) is 4.59. The van der Waals surface area contributed by atoms with Crippen LogP contribution in [-0.4, -0.2) is 23.6 Å². The van der Waals surface area contributed by atoms with E-state index in [0.717, 1.165) is 10.1 Å². The Labute approximate surface area is 175 Å². The lowest BCUT2D eigenvalue weighted by Crippen LogP contribution is -2.43. The molecule has 28 heavy (non-hydrogen) atoms. The molecule has 0 atom stereocenters. The van der Waals surface area contributed by atoms with Gasteiger partial charge in [0.15, 0.2) is 5.11 Å². The topological polar surface area (TPSA) is 79.5 Å². The number of fused-ring (bicyclic) bond motifs is 1. The number of amides is 1. The predicted molar refractivity (Wildman–Crippen MR) is 116 cm³/mol. The highest BCUT2D eigenvalue weighted by molar-refractivity contribution is 7.80. The van der Waals surface area contributed by atoms with E-state index >= 15 is 0 Å². The van der Waals surface area contributed by atoms with Crippen molar-refractivity contribution in [3.8, 4) is 0 Å². The zero-order chi connectivity index (χ0) is 20.1. The fraction of sp³-hybridized carbons (Fsp3) is 0.105. The van der Waals surface area contributed by atoms with Gasteiger partial charge >= 0.3 is 5.97 Å². The van der Waals surface area contributed by atoms with Crippen LogP contribution in [0.2, 0.25) is 5.02 Å². The van der Waals surface area contributed by atoms with E-state index in [1.807, 2.05) is 24.3 Å². The predicted octanol–water partition coefficient (Wildman–Crippen LogP) is 4.36.